The lowest BCUT2D eigenvalue weighted by Gasteiger charge is -2.12. The largest absolute Gasteiger partial charge is 0.309 e. The molecule has 0 unspecified atom stereocenters. The van der Waals surface area contributed by atoms with Crippen LogP contribution < -0.4 is 0 Å². The highest BCUT2D eigenvalue weighted by molar-refractivity contribution is 6.20. The molecule has 0 aliphatic heterocycles. The van der Waals surface area contributed by atoms with Crippen molar-refractivity contribution in [3.8, 4) is 117 Å². The molecular weight excluding hydrogens is 1680 g/mol. The van der Waals surface area contributed by atoms with Crippen molar-refractivity contribution in [2.75, 3.05) is 0 Å². The molecule has 3 heterocycles. The quantitative estimate of drug-likeness (QED) is 0.108. The summed E-state index contributed by atoms with van der Waals surface area (Å²) in [4.78, 5) is 0. The zero-order valence-electron chi connectivity index (χ0n) is 76.2. The van der Waals surface area contributed by atoms with Gasteiger partial charge in [0.25, 0.3) is 0 Å². The van der Waals surface area contributed by atoms with Crippen molar-refractivity contribution in [2.24, 2.45) is 0 Å². The van der Waals surface area contributed by atoms with Crippen molar-refractivity contribution in [2.45, 2.75) is 0 Å². The number of fused-ring (bicyclic) bond motifs is 20. The number of nitrogens with zero attached hydrogens (tertiary/aromatic N) is 3. The Kier molecular flexibility index (Phi) is 20.3. The van der Waals surface area contributed by atoms with Gasteiger partial charge >= 0.3 is 0 Å². The third-order valence-electron chi connectivity index (χ3n) is 28.5. The first kappa shape index (κ1) is 81.5. The van der Waals surface area contributed by atoms with E-state index in [2.05, 4.69) is 554 Å². The van der Waals surface area contributed by atoms with E-state index in [1.54, 1.807) is 0 Å². The van der Waals surface area contributed by atoms with E-state index < -0.39 is 0 Å². The van der Waals surface area contributed by atoms with Crippen molar-refractivity contribution in [3.05, 3.63) is 540 Å². The van der Waals surface area contributed by atoms with Gasteiger partial charge in [-0.15, -0.1) is 0 Å². The molecular formula is C136H89N3. The molecule has 0 saturated carbocycles. The first-order valence-corrected chi connectivity index (χ1v) is 48.0. The minimum atomic E-state index is 1.15. The molecule has 0 aliphatic carbocycles. The fourth-order valence-electron chi connectivity index (χ4n) is 21.5. The third-order valence-corrected chi connectivity index (χ3v) is 28.5. The second kappa shape index (κ2) is 34.6. The molecule has 25 aromatic carbocycles. The average molecular weight is 1770 g/mol. The van der Waals surface area contributed by atoms with Crippen molar-refractivity contribution in [1.29, 1.82) is 0 Å². The molecule has 0 radical (unpaired) electrons. The van der Waals surface area contributed by atoms with E-state index in [9.17, 15) is 0 Å². The minimum absolute atomic E-state index is 1.15. The lowest BCUT2D eigenvalue weighted by molar-refractivity contribution is 1.18. The van der Waals surface area contributed by atoms with Crippen LogP contribution in [-0.4, -0.2) is 13.7 Å². The number of aromatic nitrogens is 3. The number of benzene rings is 25. The van der Waals surface area contributed by atoms with E-state index in [1.807, 2.05) is 0 Å². The molecule has 648 valence electrons. The SMILES string of the molecule is c1ccc(-c2ccc3c(c2)c2cc(-c4ccccc4)ccc2n3-c2ccc(-c3ccc4c(ccc5ccccc54)c3)cc2)cc1.c1ccc(-c2ccc3c(c2)c2cc(-c4ccccc4)ccc2n3-c2ccc(-c3ccc4ccc5c6ccccc6ccc5c4c3)cc2)cc1.c1ccc(-c2ccc3c(c2)c2cc(-c4ccccc4)ccc2n3-c2ccc(-c3ccc4ccc5ccccc5c4c3)cc2)cc1. The van der Waals surface area contributed by atoms with Gasteiger partial charge in [-0.2, -0.15) is 0 Å². The van der Waals surface area contributed by atoms with Gasteiger partial charge in [-0.3, -0.25) is 0 Å². The molecule has 0 fully saturated rings. The highest BCUT2D eigenvalue weighted by Crippen LogP contribution is 2.45. The van der Waals surface area contributed by atoms with Gasteiger partial charge in [-0.25, -0.2) is 0 Å². The zero-order valence-corrected chi connectivity index (χ0v) is 76.2. The zero-order chi connectivity index (χ0) is 91.8. The maximum absolute atomic E-state index is 2.41. The fraction of sp³-hybridized carbons (Fsp3) is 0. The summed E-state index contributed by atoms with van der Waals surface area (Å²) in [5.41, 5.74) is 32.8. The molecule has 0 atom stereocenters. The topological polar surface area (TPSA) is 14.8 Å². The summed E-state index contributed by atoms with van der Waals surface area (Å²) in [5.74, 6) is 0. The van der Waals surface area contributed by atoms with Crippen LogP contribution in [0.15, 0.2) is 540 Å². The molecule has 28 rings (SSSR count). The molecule has 3 heteroatoms. The summed E-state index contributed by atoms with van der Waals surface area (Å²) in [6.45, 7) is 0. The van der Waals surface area contributed by atoms with Crippen LogP contribution in [0.25, 0.3) is 258 Å². The van der Waals surface area contributed by atoms with E-state index in [1.165, 1.54) is 241 Å². The molecule has 0 amide bonds. The number of hydrogen-bond acceptors (Lipinski definition) is 0. The van der Waals surface area contributed by atoms with Gasteiger partial charge in [0.15, 0.2) is 0 Å². The summed E-state index contributed by atoms with van der Waals surface area (Å²) < 4.78 is 7.23. The Morgan fingerprint density at radius 2 is 0.252 bits per heavy atom. The van der Waals surface area contributed by atoms with Gasteiger partial charge in [0.2, 0.25) is 0 Å². The van der Waals surface area contributed by atoms with Crippen LogP contribution in [0.4, 0.5) is 0 Å². The minimum Gasteiger partial charge on any atom is -0.309 e. The predicted octanol–water partition coefficient (Wildman–Crippen LogP) is 37.4. The first-order chi connectivity index (χ1) is 68.9. The van der Waals surface area contributed by atoms with Crippen LogP contribution in [-0.2, 0) is 0 Å². The second-order valence-corrected chi connectivity index (χ2v) is 36.6. The number of hydrogen-bond donors (Lipinski definition) is 0. The summed E-state index contributed by atoms with van der Waals surface area (Å²) in [7, 11) is 0. The monoisotopic (exact) mass is 1760 g/mol. The van der Waals surface area contributed by atoms with Crippen molar-refractivity contribution in [3.63, 3.8) is 0 Å². The lowest BCUT2D eigenvalue weighted by atomic mass is 9.94. The van der Waals surface area contributed by atoms with Gasteiger partial charge < -0.3 is 13.7 Å². The highest BCUT2D eigenvalue weighted by Gasteiger charge is 2.22. The van der Waals surface area contributed by atoms with E-state index in [-0.39, 0.29) is 0 Å². The van der Waals surface area contributed by atoms with Crippen LogP contribution in [0, 0.1) is 0 Å². The first-order valence-electron chi connectivity index (χ1n) is 48.0. The Morgan fingerprint density at radius 1 is 0.0863 bits per heavy atom. The smallest absolute Gasteiger partial charge is 0.0541 e. The molecule has 0 spiro atoms. The van der Waals surface area contributed by atoms with Gasteiger partial charge in [0.1, 0.15) is 0 Å². The Morgan fingerprint density at radius 3 is 0.547 bits per heavy atom. The van der Waals surface area contributed by atoms with Gasteiger partial charge in [0, 0.05) is 49.4 Å². The van der Waals surface area contributed by atoms with E-state index in [0.29, 0.717) is 0 Å². The second-order valence-electron chi connectivity index (χ2n) is 36.6. The summed E-state index contributed by atoms with van der Waals surface area (Å²) in [6, 6.07) is 197. The molecule has 0 bridgehead atoms. The van der Waals surface area contributed by atoms with Crippen molar-refractivity contribution in [1.82, 2.24) is 13.7 Å². The summed E-state index contributed by atoms with van der Waals surface area (Å²) in [5, 5.41) is 25.5. The predicted molar refractivity (Wildman–Crippen MR) is 594 cm³/mol. The third kappa shape index (κ3) is 14.9. The Hall–Kier alpha value is -18.3. The van der Waals surface area contributed by atoms with Crippen LogP contribution in [0.5, 0.6) is 0 Å². The Balaban J connectivity index is 0.000000108. The standard InChI is InChI=1S/C48H31N.2C44H29N/c1-3-9-32(10-4-1)38-21-27-47-45(30-38)46-31-39(33-11-5-2-6-12-33)22-28-48(46)49(47)40-23-17-34(18-24-40)37-16-15-36-20-25-42-41-14-8-7-13-35(41)19-26-43(42)44(36)29-37;1-3-9-30(10-4-1)35-20-25-43-41(28-35)42-29-36(31-11-5-2-6-12-31)21-26-44(42)45(43)38-22-17-32(18-23-38)34-19-24-40-37(27-34)16-15-33-13-7-8-14-39(33)40;1-3-9-30(10-4-1)36-21-25-43-41(28-36)42-29-37(31-11-5-2-6-12-31)22-26-44(42)45(43)38-23-19-32(20-24-38)35-18-17-34-16-15-33-13-7-8-14-39(33)40(34)27-35/h1-31H;2*1-29H. The van der Waals surface area contributed by atoms with Crippen LogP contribution >= 0.6 is 0 Å². The fourth-order valence-corrected chi connectivity index (χ4v) is 21.5. The van der Waals surface area contributed by atoms with Crippen LogP contribution in [0.2, 0.25) is 0 Å². The van der Waals surface area contributed by atoms with E-state index >= 15 is 0 Å². The number of rotatable bonds is 12. The van der Waals surface area contributed by atoms with Crippen LogP contribution in [0.1, 0.15) is 0 Å². The molecule has 28 aromatic rings. The van der Waals surface area contributed by atoms with Crippen molar-refractivity contribution >= 4 is 141 Å². The normalized spacial score (nSPS) is 11.6. The molecule has 0 N–H and O–H groups in total. The van der Waals surface area contributed by atoms with Gasteiger partial charge in [-0.1, -0.05) is 413 Å². The molecule has 139 heavy (non-hydrogen) atoms. The maximum atomic E-state index is 2.41. The maximum Gasteiger partial charge on any atom is 0.0541 e. The van der Waals surface area contributed by atoms with E-state index in [0.717, 1.165) is 17.1 Å². The molecule has 0 saturated heterocycles. The average Bonchev–Trinajstić information content (AvgIpc) is 1.61. The van der Waals surface area contributed by atoms with Gasteiger partial charge in [0.05, 0.1) is 33.1 Å². The summed E-state index contributed by atoms with van der Waals surface area (Å²) >= 11 is 0. The highest BCUT2D eigenvalue weighted by atomic mass is 15.0. The summed E-state index contributed by atoms with van der Waals surface area (Å²) in [6.07, 6.45) is 0. The van der Waals surface area contributed by atoms with Crippen molar-refractivity contribution < 1.29 is 0 Å². The molecule has 3 aromatic heterocycles. The molecule has 3 nitrogen and oxygen atoms in total. The van der Waals surface area contributed by atoms with Gasteiger partial charge in [-0.05, 0) is 303 Å². The Bertz CT molecular complexity index is 9330. The lowest BCUT2D eigenvalue weighted by Crippen LogP contribution is -1.94. The Labute approximate surface area is 805 Å². The van der Waals surface area contributed by atoms with Crippen LogP contribution in [0.3, 0.4) is 0 Å². The molecule has 0 aliphatic rings. The van der Waals surface area contributed by atoms with E-state index in [4.69, 9.17) is 0 Å².